The number of hydrogen-bond acceptors (Lipinski definition) is 4. The van der Waals surface area contributed by atoms with Gasteiger partial charge < -0.3 is 4.74 Å². The van der Waals surface area contributed by atoms with E-state index in [0.29, 0.717) is 5.90 Å². The second kappa shape index (κ2) is 6.63. The predicted molar refractivity (Wildman–Crippen MR) is 101 cm³/mol. The van der Waals surface area contributed by atoms with Crippen molar-refractivity contribution >= 4 is 23.1 Å². The first-order valence-electron chi connectivity index (χ1n) is 8.30. The van der Waals surface area contributed by atoms with E-state index in [-0.39, 0.29) is 5.78 Å². The molecule has 0 spiro atoms. The van der Waals surface area contributed by atoms with Crippen LogP contribution in [0.4, 0.5) is 5.69 Å². The summed E-state index contributed by atoms with van der Waals surface area (Å²) in [5.74, 6) is 0.244. The van der Waals surface area contributed by atoms with Crippen molar-refractivity contribution in [1.82, 2.24) is 0 Å². The van der Waals surface area contributed by atoms with Crippen molar-refractivity contribution in [3.05, 3.63) is 64.2 Å². The van der Waals surface area contributed by atoms with E-state index in [1.165, 1.54) is 14.0 Å². The van der Waals surface area contributed by atoms with E-state index in [1.54, 1.807) is 0 Å². The Morgan fingerprint density at radius 3 is 2.32 bits per heavy atom. The van der Waals surface area contributed by atoms with Crippen molar-refractivity contribution in [1.29, 1.82) is 0 Å². The van der Waals surface area contributed by atoms with Crippen LogP contribution in [0.2, 0.25) is 0 Å². The standard InChI is InChI=1S/C21H22N2O2/c1-12-8-6-7-9-16(12)20-17-10-13(2)14(3)11-18(17)22-21(25-5)19(23-20)15(4)24/h6-11,19H,1-5H3. The molecule has 4 heteroatoms. The third-order valence-corrected chi connectivity index (χ3v) is 4.58. The second-order valence-corrected chi connectivity index (χ2v) is 6.41. The van der Waals surface area contributed by atoms with Crippen LogP contribution in [0, 0.1) is 20.8 Å². The van der Waals surface area contributed by atoms with Crippen molar-refractivity contribution < 1.29 is 9.53 Å². The minimum absolute atomic E-state index is 0.0899. The molecule has 0 aliphatic carbocycles. The number of carbonyl (C=O) groups excluding carboxylic acids is 1. The molecular formula is C21H22N2O2. The highest BCUT2D eigenvalue weighted by Crippen LogP contribution is 2.31. The molecule has 0 aromatic heterocycles. The molecule has 4 nitrogen and oxygen atoms in total. The zero-order valence-electron chi connectivity index (χ0n) is 15.3. The Bertz CT molecular complexity index is 910. The van der Waals surface area contributed by atoms with Gasteiger partial charge in [-0.25, -0.2) is 4.99 Å². The molecule has 0 N–H and O–H groups in total. The van der Waals surface area contributed by atoms with Crippen LogP contribution >= 0.6 is 0 Å². The summed E-state index contributed by atoms with van der Waals surface area (Å²) in [5.41, 5.74) is 6.91. The summed E-state index contributed by atoms with van der Waals surface area (Å²) >= 11 is 0. The zero-order chi connectivity index (χ0) is 18.1. The molecule has 0 amide bonds. The van der Waals surface area contributed by atoms with Crippen LogP contribution in [-0.2, 0) is 9.53 Å². The van der Waals surface area contributed by atoms with Gasteiger partial charge in [0.15, 0.2) is 11.8 Å². The fourth-order valence-corrected chi connectivity index (χ4v) is 2.99. The molecule has 2 aromatic rings. The van der Waals surface area contributed by atoms with Gasteiger partial charge in [-0.05, 0) is 56.5 Å². The van der Waals surface area contributed by atoms with Crippen LogP contribution in [0.15, 0.2) is 46.4 Å². The van der Waals surface area contributed by atoms with Gasteiger partial charge in [-0.15, -0.1) is 0 Å². The van der Waals surface area contributed by atoms with Crippen molar-refractivity contribution in [2.75, 3.05) is 7.11 Å². The van der Waals surface area contributed by atoms with Crippen LogP contribution in [0.3, 0.4) is 0 Å². The van der Waals surface area contributed by atoms with Gasteiger partial charge in [0.05, 0.1) is 18.5 Å². The van der Waals surface area contributed by atoms with Gasteiger partial charge in [-0.2, -0.15) is 0 Å². The molecule has 2 aromatic carbocycles. The van der Waals surface area contributed by atoms with Gasteiger partial charge in [-0.3, -0.25) is 9.79 Å². The van der Waals surface area contributed by atoms with Crippen LogP contribution in [0.1, 0.15) is 34.7 Å². The molecule has 0 radical (unpaired) electrons. The lowest BCUT2D eigenvalue weighted by Gasteiger charge is -2.14. The lowest BCUT2D eigenvalue weighted by atomic mass is 9.94. The molecule has 0 saturated heterocycles. The number of ketones is 1. The Morgan fingerprint density at radius 1 is 1.00 bits per heavy atom. The Balaban J connectivity index is 2.35. The fourth-order valence-electron chi connectivity index (χ4n) is 2.99. The van der Waals surface area contributed by atoms with E-state index >= 15 is 0 Å². The Hall–Kier alpha value is -2.75. The number of fused-ring (bicyclic) bond motifs is 1. The number of rotatable bonds is 2. The van der Waals surface area contributed by atoms with Gasteiger partial charge >= 0.3 is 0 Å². The van der Waals surface area contributed by atoms with E-state index in [4.69, 9.17) is 9.73 Å². The van der Waals surface area contributed by atoms with Crippen molar-refractivity contribution in [3.63, 3.8) is 0 Å². The molecule has 128 valence electrons. The second-order valence-electron chi connectivity index (χ2n) is 6.41. The van der Waals surface area contributed by atoms with Gasteiger partial charge in [0.2, 0.25) is 5.90 Å². The molecule has 1 heterocycles. The molecule has 3 rings (SSSR count). The SMILES string of the molecule is COC1=Nc2cc(C)c(C)cc2C(c2ccccc2C)=NC1C(C)=O. The van der Waals surface area contributed by atoms with Crippen LogP contribution in [-0.4, -0.2) is 30.5 Å². The molecule has 0 bridgehead atoms. The molecule has 1 aliphatic rings. The van der Waals surface area contributed by atoms with Crippen LogP contribution < -0.4 is 0 Å². The first-order valence-corrected chi connectivity index (χ1v) is 8.30. The summed E-state index contributed by atoms with van der Waals surface area (Å²) in [7, 11) is 1.53. The monoisotopic (exact) mass is 334 g/mol. The number of Topliss-reactive ketones (excluding diaryl/α,β-unsaturated/α-hetero) is 1. The van der Waals surface area contributed by atoms with Gasteiger partial charge in [0, 0.05) is 11.1 Å². The zero-order valence-corrected chi connectivity index (χ0v) is 15.3. The number of carbonyl (C=O) groups is 1. The molecule has 1 unspecified atom stereocenters. The highest BCUT2D eigenvalue weighted by Gasteiger charge is 2.28. The van der Waals surface area contributed by atoms with Crippen LogP contribution in [0.5, 0.6) is 0 Å². The molecule has 1 aliphatic heterocycles. The topological polar surface area (TPSA) is 51.0 Å². The molecular weight excluding hydrogens is 312 g/mol. The first-order chi connectivity index (χ1) is 11.9. The fraction of sp³-hybridized carbons (Fsp3) is 0.286. The maximum Gasteiger partial charge on any atom is 0.221 e. The van der Waals surface area contributed by atoms with E-state index in [2.05, 4.69) is 24.9 Å². The van der Waals surface area contributed by atoms with Gasteiger partial charge in [0.1, 0.15) is 0 Å². The van der Waals surface area contributed by atoms with Crippen molar-refractivity contribution in [2.24, 2.45) is 9.98 Å². The van der Waals surface area contributed by atoms with Crippen molar-refractivity contribution in [2.45, 2.75) is 33.7 Å². The smallest absolute Gasteiger partial charge is 0.221 e. The summed E-state index contributed by atoms with van der Waals surface area (Å²) in [4.78, 5) is 21.6. The highest BCUT2D eigenvalue weighted by molar-refractivity contribution is 6.20. The number of aliphatic imine (C=N–C) groups is 2. The quantitative estimate of drug-likeness (QED) is 0.830. The molecule has 25 heavy (non-hydrogen) atoms. The Kier molecular flexibility index (Phi) is 4.53. The number of methoxy groups -OCH3 is 1. The van der Waals surface area contributed by atoms with Gasteiger partial charge in [-0.1, -0.05) is 24.3 Å². The summed E-state index contributed by atoms with van der Waals surface area (Å²) in [6.45, 7) is 7.68. The minimum atomic E-state index is -0.729. The number of aryl methyl sites for hydroxylation is 3. The number of ether oxygens (including phenoxy) is 1. The molecule has 0 fully saturated rings. The average Bonchev–Trinajstić information content (AvgIpc) is 2.73. The predicted octanol–water partition coefficient (Wildman–Crippen LogP) is 4.10. The molecule has 0 saturated carbocycles. The van der Waals surface area contributed by atoms with E-state index in [9.17, 15) is 4.79 Å². The summed E-state index contributed by atoms with van der Waals surface area (Å²) in [5, 5.41) is 0. The average molecular weight is 334 g/mol. The summed E-state index contributed by atoms with van der Waals surface area (Å²) in [6, 6.07) is 11.4. The maximum absolute atomic E-state index is 12.2. The Labute approximate surface area is 148 Å². The minimum Gasteiger partial charge on any atom is -0.482 e. The van der Waals surface area contributed by atoms with E-state index in [0.717, 1.165) is 39.2 Å². The van der Waals surface area contributed by atoms with Gasteiger partial charge in [0.25, 0.3) is 0 Å². The van der Waals surface area contributed by atoms with Crippen LogP contribution in [0.25, 0.3) is 0 Å². The Morgan fingerprint density at radius 2 is 1.68 bits per heavy atom. The largest absolute Gasteiger partial charge is 0.482 e. The lowest BCUT2D eigenvalue weighted by molar-refractivity contribution is -0.117. The maximum atomic E-state index is 12.2. The third kappa shape index (κ3) is 3.12. The third-order valence-electron chi connectivity index (χ3n) is 4.58. The number of nitrogens with zero attached hydrogens (tertiary/aromatic N) is 2. The number of benzene rings is 2. The van der Waals surface area contributed by atoms with E-state index in [1.807, 2.05) is 37.3 Å². The summed E-state index contributed by atoms with van der Waals surface area (Å²) < 4.78 is 5.41. The highest BCUT2D eigenvalue weighted by atomic mass is 16.5. The van der Waals surface area contributed by atoms with Crippen molar-refractivity contribution in [3.8, 4) is 0 Å². The molecule has 1 atom stereocenters. The van der Waals surface area contributed by atoms with E-state index < -0.39 is 6.04 Å². The first kappa shape index (κ1) is 17.1. The number of hydrogen-bond donors (Lipinski definition) is 0. The lowest BCUT2D eigenvalue weighted by Crippen LogP contribution is -2.28. The normalized spacial score (nSPS) is 16.4. The summed E-state index contributed by atoms with van der Waals surface area (Å²) in [6.07, 6.45) is 0.